The molecule has 1 atom stereocenters. The topological polar surface area (TPSA) is 37.3 Å². The predicted molar refractivity (Wildman–Crippen MR) is 80.4 cm³/mol. The van der Waals surface area contributed by atoms with Crippen LogP contribution in [0.1, 0.15) is 0 Å². The Kier molecular flexibility index (Phi) is 7.02. The van der Waals surface area contributed by atoms with Gasteiger partial charge in [0.05, 0.1) is 4.90 Å². The van der Waals surface area contributed by atoms with Crippen LogP contribution in [0.4, 0.5) is 0 Å². The number of hydrogen-bond acceptors (Lipinski definition) is 3. The van der Waals surface area contributed by atoms with E-state index in [1.807, 2.05) is 30.3 Å². The second-order valence-corrected chi connectivity index (χ2v) is 5.86. The van der Waals surface area contributed by atoms with Crippen molar-refractivity contribution < 1.29 is 8.76 Å². The molecular formula is C12H11NaO2S3. The average Bonchev–Trinajstić information content (AvgIpc) is 2.33. The first-order valence-corrected chi connectivity index (χ1v) is 7.20. The third-order valence-corrected chi connectivity index (χ3v) is 4.37. The van der Waals surface area contributed by atoms with E-state index in [2.05, 4.69) is 12.6 Å². The first-order chi connectivity index (χ1) is 8.16. The van der Waals surface area contributed by atoms with Crippen LogP contribution in [0, 0.1) is 0 Å². The standard InChI is InChI=1S/C12H10O2S3.Na.H/c13-17(14)10-6-7-11(15)12(8-10)16-9-4-2-1-3-5-9;;/h1-8,15H,(H,13,14);;. The number of benzene rings is 2. The van der Waals surface area contributed by atoms with Gasteiger partial charge in [0.1, 0.15) is 0 Å². The van der Waals surface area contributed by atoms with Gasteiger partial charge in [-0.25, -0.2) is 4.21 Å². The van der Waals surface area contributed by atoms with Crippen molar-refractivity contribution in [1.29, 1.82) is 0 Å². The van der Waals surface area contributed by atoms with Crippen molar-refractivity contribution in [2.24, 2.45) is 0 Å². The molecule has 0 fully saturated rings. The van der Waals surface area contributed by atoms with Gasteiger partial charge in [0.2, 0.25) is 0 Å². The maximum absolute atomic E-state index is 11.0. The maximum atomic E-state index is 11.0. The van der Waals surface area contributed by atoms with Crippen molar-refractivity contribution in [2.75, 3.05) is 0 Å². The van der Waals surface area contributed by atoms with Gasteiger partial charge in [0, 0.05) is 14.7 Å². The van der Waals surface area contributed by atoms with E-state index in [0.29, 0.717) is 4.90 Å². The molecule has 0 aliphatic heterocycles. The van der Waals surface area contributed by atoms with Crippen LogP contribution < -0.4 is 0 Å². The molecule has 0 aliphatic carbocycles. The molecule has 0 aromatic heterocycles. The summed E-state index contributed by atoms with van der Waals surface area (Å²) in [6.45, 7) is 0. The summed E-state index contributed by atoms with van der Waals surface area (Å²) in [6, 6.07) is 14.9. The summed E-state index contributed by atoms with van der Waals surface area (Å²) in [4.78, 5) is 3.14. The van der Waals surface area contributed by atoms with E-state index in [-0.39, 0.29) is 29.6 Å². The average molecular weight is 306 g/mol. The van der Waals surface area contributed by atoms with Crippen LogP contribution in [0.25, 0.3) is 0 Å². The third-order valence-electron chi connectivity index (χ3n) is 2.10. The molecule has 90 valence electrons. The van der Waals surface area contributed by atoms with Gasteiger partial charge < -0.3 is 4.55 Å². The fraction of sp³-hybridized carbons (Fsp3) is 0. The van der Waals surface area contributed by atoms with Gasteiger partial charge in [0.15, 0.2) is 11.1 Å². The summed E-state index contributed by atoms with van der Waals surface area (Å²) < 4.78 is 20.0. The van der Waals surface area contributed by atoms with Crippen molar-refractivity contribution in [3.8, 4) is 0 Å². The fourth-order valence-electron chi connectivity index (χ4n) is 1.30. The van der Waals surface area contributed by atoms with Crippen molar-refractivity contribution in [3.05, 3.63) is 48.5 Å². The van der Waals surface area contributed by atoms with Gasteiger partial charge >= 0.3 is 29.6 Å². The Balaban J connectivity index is 0.00000162. The van der Waals surface area contributed by atoms with Gasteiger partial charge in [-0.05, 0) is 30.3 Å². The van der Waals surface area contributed by atoms with Crippen molar-refractivity contribution in [2.45, 2.75) is 19.6 Å². The Bertz CT molecular complexity index is 546. The third kappa shape index (κ3) is 4.42. The molecule has 6 heteroatoms. The van der Waals surface area contributed by atoms with E-state index in [0.717, 1.165) is 14.7 Å². The Hall–Kier alpha value is 0.250. The van der Waals surface area contributed by atoms with Crippen LogP contribution in [0.3, 0.4) is 0 Å². The van der Waals surface area contributed by atoms with Crippen molar-refractivity contribution >= 4 is 65.0 Å². The normalized spacial score (nSPS) is 11.7. The summed E-state index contributed by atoms with van der Waals surface area (Å²) in [5.74, 6) is 0. The molecule has 0 spiro atoms. The van der Waals surface area contributed by atoms with E-state index in [9.17, 15) is 4.21 Å². The molecule has 1 unspecified atom stereocenters. The van der Waals surface area contributed by atoms with E-state index in [1.165, 1.54) is 11.8 Å². The fourth-order valence-corrected chi connectivity index (χ4v) is 2.96. The first kappa shape index (κ1) is 16.3. The minimum absolute atomic E-state index is 0. The van der Waals surface area contributed by atoms with Crippen LogP contribution in [0.15, 0.2) is 68.1 Å². The molecule has 18 heavy (non-hydrogen) atoms. The Morgan fingerprint density at radius 3 is 2.39 bits per heavy atom. The number of rotatable bonds is 3. The summed E-state index contributed by atoms with van der Waals surface area (Å²) >= 11 is 3.91. The quantitative estimate of drug-likeness (QED) is 0.520. The summed E-state index contributed by atoms with van der Waals surface area (Å²) in [5.41, 5.74) is 0. The van der Waals surface area contributed by atoms with Crippen LogP contribution >= 0.6 is 24.4 Å². The molecule has 1 N–H and O–H groups in total. The molecule has 2 nitrogen and oxygen atoms in total. The van der Waals surface area contributed by atoms with Crippen LogP contribution in [0.5, 0.6) is 0 Å². The van der Waals surface area contributed by atoms with E-state index >= 15 is 0 Å². The monoisotopic (exact) mass is 306 g/mol. The van der Waals surface area contributed by atoms with Crippen LogP contribution in [0.2, 0.25) is 0 Å². The predicted octanol–water partition coefficient (Wildman–Crippen LogP) is 3.06. The number of hydrogen-bond donors (Lipinski definition) is 2. The molecule has 2 rings (SSSR count). The van der Waals surface area contributed by atoms with Crippen molar-refractivity contribution in [1.82, 2.24) is 0 Å². The second kappa shape index (κ2) is 7.75. The molecule has 0 saturated carbocycles. The molecule has 2 aromatic carbocycles. The zero-order valence-corrected chi connectivity index (χ0v) is 11.3. The summed E-state index contributed by atoms with van der Waals surface area (Å²) in [6.07, 6.45) is 0. The zero-order chi connectivity index (χ0) is 12.3. The SMILES string of the molecule is O=S(O)c1ccc(S)c(Sc2ccccc2)c1.[NaH]. The van der Waals surface area contributed by atoms with E-state index in [1.54, 1.807) is 18.2 Å². The molecule has 0 bridgehead atoms. The Labute approximate surface area is 141 Å². The number of thiol groups is 1. The Morgan fingerprint density at radius 1 is 1.11 bits per heavy atom. The molecule has 0 amide bonds. The Morgan fingerprint density at radius 2 is 1.78 bits per heavy atom. The second-order valence-electron chi connectivity index (χ2n) is 3.29. The van der Waals surface area contributed by atoms with E-state index in [4.69, 9.17) is 4.55 Å². The minimum atomic E-state index is -1.95. The molecular weight excluding hydrogens is 295 g/mol. The van der Waals surface area contributed by atoms with Gasteiger partial charge in [-0.1, -0.05) is 30.0 Å². The molecule has 0 aliphatic rings. The molecule has 0 heterocycles. The van der Waals surface area contributed by atoms with Gasteiger partial charge in [-0.3, -0.25) is 0 Å². The molecule has 2 aromatic rings. The summed E-state index contributed by atoms with van der Waals surface area (Å²) in [7, 11) is 0. The zero-order valence-electron chi connectivity index (χ0n) is 8.74. The van der Waals surface area contributed by atoms with Gasteiger partial charge in [-0.15, -0.1) is 12.6 Å². The van der Waals surface area contributed by atoms with Crippen molar-refractivity contribution in [3.63, 3.8) is 0 Å². The van der Waals surface area contributed by atoms with Crippen LogP contribution in [-0.2, 0) is 11.1 Å². The molecule has 0 radical (unpaired) electrons. The van der Waals surface area contributed by atoms with E-state index < -0.39 is 11.1 Å². The summed E-state index contributed by atoms with van der Waals surface area (Å²) in [5, 5.41) is 0. The first-order valence-electron chi connectivity index (χ1n) is 4.83. The van der Waals surface area contributed by atoms with Gasteiger partial charge in [0.25, 0.3) is 0 Å². The van der Waals surface area contributed by atoms with Crippen LogP contribution in [-0.4, -0.2) is 38.3 Å². The molecule has 0 saturated heterocycles. The van der Waals surface area contributed by atoms with Gasteiger partial charge in [-0.2, -0.15) is 0 Å².